The third kappa shape index (κ3) is 2.94. The van der Waals surface area contributed by atoms with Gasteiger partial charge in [-0.1, -0.05) is 0 Å². The first-order chi connectivity index (χ1) is 7.54. The molecule has 86 valence electrons. The molecule has 6 nitrogen and oxygen atoms in total. The highest BCUT2D eigenvalue weighted by atomic mass is 16.4. The zero-order chi connectivity index (χ0) is 12.1. The summed E-state index contributed by atoms with van der Waals surface area (Å²) in [5.74, 6) is -1.41. The predicted molar refractivity (Wildman–Crippen MR) is 56.3 cm³/mol. The summed E-state index contributed by atoms with van der Waals surface area (Å²) < 4.78 is 1.50. The van der Waals surface area contributed by atoms with Crippen LogP contribution in [0.15, 0.2) is 23.3 Å². The predicted octanol–water partition coefficient (Wildman–Crippen LogP) is -0.317. The van der Waals surface area contributed by atoms with Crippen molar-refractivity contribution in [3.05, 3.63) is 34.2 Å². The Kier molecular flexibility index (Phi) is 3.82. The molecule has 0 fully saturated rings. The molecule has 0 bridgehead atoms. The van der Waals surface area contributed by atoms with Crippen molar-refractivity contribution in [2.45, 2.75) is 13.0 Å². The molecule has 0 aliphatic carbocycles. The number of carbonyl (C=O) groups is 2. The number of rotatable bonds is 4. The molecule has 1 amide bonds. The van der Waals surface area contributed by atoms with Crippen LogP contribution in [0.1, 0.15) is 16.8 Å². The summed E-state index contributed by atoms with van der Waals surface area (Å²) in [4.78, 5) is 32.8. The van der Waals surface area contributed by atoms with Gasteiger partial charge >= 0.3 is 5.97 Å². The second-order valence-corrected chi connectivity index (χ2v) is 3.19. The van der Waals surface area contributed by atoms with Crippen molar-refractivity contribution in [3.8, 4) is 0 Å². The third-order valence-corrected chi connectivity index (χ3v) is 2.08. The van der Waals surface area contributed by atoms with Crippen LogP contribution in [0, 0.1) is 0 Å². The number of hydrogen-bond acceptors (Lipinski definition) is 3. The molecule has 6 heteroatoms. The maximum absolute atomic E-state index is 11.1. The Labute approximate surface area is 91.5 Å². The van der Waals surface area contributed by atoms with Crippen LogP contribution in [0.4, 0.5) is 0 Å². The Morgan fingerprint density at radius 3 is 2.75 bits per heavy atom. The second kappa shape index (κ2) is 5.11. The summed E-state index contributed by atoms with van der Waals surface area (Å²) in [6.45, 7) is 0.334. The van der Waals surface area contributed by atoms with Gasteiger partial charge in [-0.3, -0.25) is 9.59 Å². The highest BCUT2D eigenvalue weighted by molar-refractivity contribution is 5.87. The van der Waals surface area contributed by atoms with Gasteiger partial charge in [0.25, 0.3) is 0 Å². The van der Waals surface area contributed by atoms with Crippen molar-refractivity contribution in [1.29, 1.82) is 0 Å². The van der Waals surface area contributed by atoms with Gasteiger partial charge in [0.15, 0.2) is 5.43 Å². The van der Waals surface area contributed by atoms with E-state index in [0.717, 1.165) is 0 Å². The van der Waals surface area contributed by atoms with Crippen LogP contribution in [0.5, 0.6) is 0 Å². The van der Waals surface area contributed by atoms with Gasteiger partial charge < -0.3 is 15.0 Å². The molecule has 2 N–H and O–H groups in total. The molecular formula is C10H12N2O4. The lowest BCUT2D eigenvalue weighted by Crippen LogP contribution is -2.21. The molecule has 0 spiro atoms. The minimum absolute atomic E-state index is 0.143. The molecule has 0 radical (unpaired) electrons. The summed E-state index contributed by atoms with van der Waals surface area (Å²) in [6, 6.07) is 1.17. The van der Waals surface area contributed by atoms with E-state index in [9.17, 15) is 14.4 Å². The van der Waals surface area contributed by atoms with Gasteiger partial charge in [-0.15, -0.1) is 0 Å². The standard InChI is InChI=1S/C10H12N2O4/c1-11-9(14)3-5-12-4-2-8(13)7(6-12)10(15)16/h2,4,6H,3,5H2,1H3,(H,11,14)(H,15,16). The maximum Gasteiger partial charge on any atom is 0.341 e. The van der Waals surface area contributed by atoms with E-state index in [2.05, 4.69) is 5.32 Å². The SMILES string of the molecule is CNC(=O)CCn1ccc(=O)c(C(=O)O)c1. The van der Waals surface area contributed by atoms with Crippen molar-refractivity contribution < 1.29 is 14.7 Å². The second-order valence-electron chi connectivity index (χ2n) is 3.19. The van der Waals surface area contributed by atoms with Crippen LogP contribution in [-0.4, -0.2) is 28.6 Å². The zero-order valence-electron chi connectivity index (χ0n) is 8.77. The van der Waals surface area contributed by atoms with Gasteiger partial charge in [0.1, 0.15) is 5.56 Å². The number of aryl methyl sites for hydroxylation is 1. The molecule has 0 unspecified atom stereocenters. The number of nitrogens with zero attached hydrogens (tertiary/aromatic N) is 1. The minimum atomic E-state index is -1.26. The van der Waals surface area contributed by atoms with E-state index in [1.165, 1.54) is 30.1 Å². The molecular weight excluding hydrogens is 212 g/mol. The fourth-order valence-corrected chi connectivity index (χ4v) is 1.18. The molecule has 1 rings (SSSR count). The van der Waals surface area contributed by atoms with Gasteiger partial charge in [0.05, 0.1) is 0 Å². The number of aromatic nitrogens is 1. The topological polar surface area (TPSA) is 88.4 Å². The van der Waals surface area contributed by atoms with Crippen molar-refractivity contribution in [2.75, 3.05) is 7.05 Å². The van der Waals surface area contributed by atoms with E-state index in [0.29, 0.717) is 6.54 Å². The third-order valence-electron chi connectivity index (χ3n) is 2.08. The van der Waals surface area contributed by atoms with Gasteiger partial charge in [0.2, 0.25) is 5.91 Å². The highest BCUT2D eigenvalue weighted by Crippen LogP contribution is 1.95. The molecule has 0 aliphatic rings. The van der Waals surface area contributed by atoms with E-state index >= 15 is 0 Å². The first-order valence-corrected chi connectivity index (χ1v) is 4.68. The number of aromatic carboxylic acids is 1. The van der Waals surface area contributed by atoms with Gasteiger partial charge in [0, 0.05) is 38.5 Å². The minimum Gasteiger partial charge on any atom is -0.477 e. The summed E-state index contributed by atoms with van der Waals surface area (Å²) in [6.07, 6.45) is 2.92. The van der Waals surface area contributed by atoms with Gasteiger partial charge in [-0.2, -0.15) is 0 Å². The van der Waals surface area contributed by atoms with Crippen molar-refractivity contribution in [1.82, 2.24) is 9.88 Å². The van der Waals surface area contributed by atoms with Crippen molar-refractivity contribution in [2.24, 2.45) is 0 Å². The Morgan fingerprint density at radius 2 is 2.19 bits per heavy atom. The number of carboxylic acids is 1. The molecule has 16 heavy (non-hydrogen) atoms. The molecule has 1 aromatic heterocycles. The fraction of sp³-hybridized carbons (Fsp3) is 0.300. The Hall–Kier alpha value is -2.11. The first-order valence-electron chi connectivity index (χ1n) is 4.68. The lowest BCUT2D eigenvalue weighted by Gasteiger charge is -2.06. The largest absolute Gasteiger partial charge is 0.477 e. The van der Waals surface area contributed by atoms with Crippen LogP contribution in [0.3, 0.4) is 0 Å². The smallest absolute Gasteiger partial charge is 0.341 e. The van der Waals surface area contributed by atoms with E-state index in [-0.39, 0.29) is 17.9 Å². The summed E-state index contributed by atoms with van der Waals surface area (Å²) in [5, 5.41) is 11.2. The van der Waals surface area contributed by atoms with Gasteiger partial charge in [-0.25, -0.2) is 4.79 Å². The summed E-state index contributed by atoms with van der Waals surface area (Å²) in [5.41, 5.74) is -0.830. The number of pyridine rings is 1. The number of carboxylic acid groups (broad SMARTS) is 1. The van der Waals surface area contributed by atoms with Crippen LogP contribution in [-0.2, 0) is 11.3 Å². The number of hydrogen-bond donors (Lipinski definition) is 2. The Morgan fingerprint density at radius 1 is 1.50 bits per heavy atom. The Balaban J connectivity index is 2.83. The highest BCUT2D eigenvalue weighted by Gasteiger charge is 2.08. The van der Waals surface area contributed by atoms with E-state index < -0.39 is 11.4 Å². The average molecular weight is 224 g/mol. The zero-order valence-corrected chi connectivity index (χ0v) is 8.77. The summed E-state index contributed by atoms with van der Waals surface area (Å²) >= 11 is 0. The Bertz CT molecular complexity index is 464. The van der Waals surface area contributed by atoms with Crippen LogP contribution in [0.2, 0.25) is 0 Å². The molecule has 0 saturated carbocycles. The van der Waals surface area contributed by atoms with E-state index in [4.69, 9.17) is 5.11 Å². The van der Waals surface area contributed by atoms with Crippen LogP contribution < -0.4 is 10.7 Å². The van der Waals surface area contributed by atoms with Gasteiger partial charge in [-0.05, 0) is 0 Å². The maximum atomic E-state index is 11.1. The molecule has 0 saturated heterocycles. The van der Waals surface area contributed by atoms with Crippen LogP contribution in [0.25, 0.3) is 0 Å². The normalized spacial score (nSPS) is 9.81. The van der Waals surface area contributed by atoms with Crippen molar-refractivity contribution in [3.63, 3.8) is 0 Å². The number of amides is 1. The van der Waals surface area contributed by atoms with Crippen molar-refractivity contribution >= 4 is 11.9 Å². The molecule has 1 heterocycles. The fourth-order valence-electron chi connectivity index (χ4n) is 1.18. The average Bonchev–Trinajstić information content (AvgIpc) is 2.27. The lowest BCUT2D eigenvalue weighted by molar-refractivity contribution is -0.120. The van der Waals surface area contributed by atoms with E-state index in [1.54, 1.807) is 0 Å². The number of carbonyl (C=O) groups excluding carboxylic acids is 1. The molecule has 0 aliphatic heterocycles. The quantitative estimate of drug-likeness (QED) is 0.733. The number of nitrogens with one attached hydrogen (secondary N) is 1. The van der Waals surface area contributed by atoms with E-state index in [1.807, 2.05) is 0 Å². The molecule has 1 aromatic rings. The van der Waals surface area contributed by atoms with Crippen LogP contribution >= 0.6 is 0 Å². The molecule has 0 aromatic carbocycles. The lowest BCUT2D eigenvalue weighted by atomic mass is 10.2. The molecule has 0 atom stereocenters. The summed E-state index contributed by atoms with van der Waals surface area (Å²) in [7, 11) is 1.52. The monoisotopic (exact) mass is 224 g/mol. The first kappa shape index (κ1) is 12.0.